The molecule has 0 saturated carbocycles. The van der Waals surface area contributed by atoms with E-state index in [-0.39, 0.29) is 24.7 Å². The summed E-state index contributed by atoms with van der Waals surface area (Å²) < 4.78 is 10.6. The van der Waals surface area contributed by atoms with Crippen LogP contribution in [-0.4, -0.2) is 47.8 Å². The summed E-state index contributed by atoms with van der Waals surface area (Å²) in [5, 5.41) is 12.4. The van der Waals surface area contributed by atoms with Crippen LogP contribution in [-0.2, 0) is 16.0 Å². The molecule has 0 bridgehead atoms. The number of ether oxygens (including phenoxy) is 2. The van der Waals surface area contributed by atoms with E-state index in [0.717, 1.165) is 11.1 Å². The maximum Gasteiger partial charge on any atom is 0.248 e. The largest absolute Gasteiger partial charge is 0.454 e. The monoisotopic (exact) mass is 408 g/mol. The molecular formula is C23H24N2O5. The Hall–Kier alpha value is -3.32. The van der Waals surface area contributed by atoms with Crippen molar-refractivity contribution in [3.63, 3.8) is 0 Å². The van der Waals surface area contributed by atoms with Gasteiger partial charge in [0.15, 0.2) is 11.5 Å². The van der Waals surface area contributed by atoms with E-state index in [1.807, 2.05) is 30.3 Å². The van der Waals surface area contributed by atoms with Gasteiger partial charge in [-0.3, -0.25) is 9.59 Å². The Bertz CT molecular complexity index is 947. The molecule has 2 aromatic carbocycles. The lowest BCUT2D eigenvalue weighted by Gasteiger charge is -2.29. The quantitative estimate of drug-likeness (QED) is 0.743. The van der Waals surface area contributed by atoms with Crippen molar-refractivity contribution in [3.05, 3.63) is 59.7 Å². The van der Waals surface area contributed by atoms with Crippen LogP contribution in [0.4, 0.5) is 5.69 Å². The molecule has 1 saturated heterocycles. The lowest BCUT2D eigenvalue weighted by molar-refractivity contribution is -0.132. The predicted molar refractivity (Wildman–Crippen MR) is 112 cm³/mol. The van der Waals surface area contributed by atoms with Crippen molar-refractivity contribution in [1.82, 2.24) is 4.90 Å². The predicted octanol–water partition coefficient (Wildman–Crippen LogP) is 2.59. The highest BCUT2D eigenvalue weighted by Crippen LogP contribution is 2.32. The SMILES string of the molecule is O=C(/C=C/c1ccc2c(c1)OCO2)Nc1ccc(CC(=O)N2CCC(O)CC2)cc1. The van der Waals surface area contributed by atoms with Crippen molar-refractivity contribution in [3.8, 4) is 11.5 Å². The van der Waals surface area contributed by atoms with Gasteiger partial charge in [-0.05, 0) is 54.3 Å². The zero-order valence-electron chi connectivity index (χ0n) is 16.5. The number of nitrogens with one attached hydrogen (secondary N) is 1. The number of likely N-dealkylation sites (tertiary alicyclic amines) is 1. The molecule has 2 aliphatic heterocycles. The molecule has 1 fully saturated rings. The number of fused-ring (bicyclic) bond motifs is 1. The average molecular weight is 408 g/mol. The molecule has 4 rings (SSSR count). The third-order valence-corrected chi connectivity index (χ3v) is 5.22. The minimum Gasteiger partial charge on any atom is -0.454 e. The lowest BCUT2D eigenvalue weighted by atomic mass is 10.1. The summed E-state index contributed by atoms with van der Waals surface area (Å²) in [5.41, 5.74) is 2.39. The van der Waals surface area contributed by atoms with Crippen molar-refractivity contribution in [2.45, 2.75) is 25.4 Å². The van der Waals surface area contributed by atoms with Crippen LogP contribution in [0.15, 0.2) is 48.5 Å². The Morgan fingerprint density at radius 3 is 2.57 bits per heavy atom. The summed E-state index contributed by atoms with van der Waals surface area (Å²) in [5.74, 6) is 1.19. The van der Waals surface area contributed by atoms with Crippen LogP contribution in [0.2, 0.25) is 0 Å². The summed E-state index contributed by atoms with van der Waals surface area (Å²) in [7, 11) is 0. The number of aliphatic hydroxyl groups excluding tert-OH is 1. The van der Waals surface area contributed by atoms with Crippen LogP contribution in [0.3, 0.4) is 0 Å². The Balaban J connectivity index is 1.28. The van der Waals surface area contributed by atoms with Gasteiger partial charge < -0.3 is 24.8 Å². The highest BCUT2D eigenvalue weighted by molar-refractivity contribution is 6.02. The molecule has 2 N–H and O–H groups in total. The van der Waals surface area contributed by atoms with E-state index >= 15 is 0 Å². The first kappa shape index (κ1) is 20.0. The normalized spacial score (nSPS) is 16.1. The molecule has 0 aromatic heterocycles. The van der Waals surface area contributed by atoms with Gasteiger partial charge in [0.05, 0.1) is 12.5 Å². The Morgan fingerprint density at radius 2 is 1.80 bits per heavy atom. The maximum absolute atomic E-state index is 12.4. The lowest BCUT2D eigenvalue weighted by Crippen LogP contribution is -2.40. The minimum absolute atomic E-state index is 0.0605. The summed E-state index contributed by atoms with van der Waals surface area (Å²) in [4.78, 5) is 26.4. The summed E-state index contributed by atoms with van der Waals surface area (Å²) in [6, 6.07) is 12.7. The number of aliphatic hydroxyl groups is 1. The summed E-state index contributed by atoms with van der Waals surface area (Å²) in [6.07, 6.45) is 4.46. The van der Waals surface area contributed by atoms with Gasteiger partial charge in [0.2, 0.25) is 18.6 Å². The van der Waals surface area contributed by atoms with Crippen molar-refractivity contribution in [1.29, 1.82) is 0 Å². The molecule has 0 spiro atoms. The van der Waals surface area contributed by atoms with Crippen LogP contribution in [0.25, 0.3) is 6.08 Å². The zero-order chi connectivity index (χ0) is 20.9. The summed E-state index contributed by atoms with van der Waals surface area (Å²) >= 11 is 0. The first-order chi connectivity index (χ1) is 14.6. The van der Waals surface area contributed by atoms with Crippen LogP contribution < -0.4 is 14.8 Å². The number of piperidine rings is 1. The molecule has 0 aliphatic carbocycles. The molecule has 0 radical (unpaired) electrons. The van der Waals surface area contributed by atoms with Gasteiger partial charge in [-0.15, -0.1) is 0 Å². The van der Waals surface area contributed by atoms with Gasteiger partial charge in [0.1, 0.15) is 0 Å². The fraction of sp³-hybridized carbons (Fsp3) is 0.304. The number of hydrogen-bond donors (Lipinski definition) is 2. The molecule has 2 aromatic rings. The van der Waals surface area contributed by atoms with Crippen LogP contribution in [0, 0.1) is 0 Å². The van der Waals surface area contributed by atoms with Crippen molar-refractivity contribution < 1.29 is 24.2 Å². The number of carbonyl (C=O) groups is 2. The van der Waals surface area contributed by atoms with E-state index in [2.05, 4.69) is 5.32 Å². The van der Waals surface area contributed by atoms with E-state index in [1.165, 1.54) is 6.08 Å². The second-order valence-corrected chi connectivity index (χ2v) is 7.42. The highest BCUT2D eigenvalue weighted by atomic mass is 16.7. The minimum atomic E-state index is -0.295. The van der Waals surface area contributed by atoms with E-state index < -0.39 is 0 Å². The Labute approximate surface area is 174 Å². The number of hydrogen-bond acceptors (Lipinski definition) is 5. The third-order valence-electron chi connectivity index (χ3n) is 5.22. The highest BCUT2D eigenvalue weighted by Gasteiger charge is 2.21. The molecule has 0 unspecified atom stereocenters. The number of benzene rings is 2. The number of nitrogens with zero attached hydrogens (tertiary/aromatic N) is 1. The van der Waals surface area contributed by atoms with Gasteiger partial charge in [-0.25, -0.2) is 0 Å². The summed E-state index contributed by atoms with van der Waals surface area (Å²) in [6.45, 7) is 1.42. The molecule has 7 heteroatoms. The van der Waals surface area contributed by atoms with Crippen LogP contribution >= 0.6 is 0 Å². The van der Waals surface area contributed by atoms with Gasteiger partial charge in [-0.1, -0.05) is 18.2 Å². The van der Waals surface area contributed by atoms with Gasteiger partial charge in [-0.2, -0.15) is 0 Å². The first-order valence-corrected chi connectivity index (χ1v) is 10.0. The second kappa shape index (κ2) is 9.00. The molecule has 2 heterocycles. The number of carbonyl (C=O) groups excluding carboxylic acids is 2. The number of amides is 2. The number of anilines is 1. The molecule has 2 aliphatic rings. The molecule has 2 amide bonds. The van der Waals surface area contributed by atoms with E-state index in [1.54, 1.807) is 23.1 Å². The van der Waals surface area contributed by atoms with Crippen molar-refractivity contribution >= 4 is 23.6 Å². The first-order valence-electron chi connectivity index (χ1n) is 10.0. The number of rotatable bonds is 5. The van der Waals surface area contributed by atoms with Gasteiger partial charge in [0, 0.05) is 24.9 Å². The maximum atomic E-state index is 12.4. The van der Waals surface area contributed by atoms with E-state index in [0.29, 0.717) is 49.5 Å². The van der Waals surface area contributed by atoms with E-state index in [9.17, 15) is 14.7 Å². The van der Waals surface area contributed by atoms with Gasteiger partial charge in [0.25, 0.3) is 0 Å². The molecule has 156 valence electrons. The fourth-order valence-corrected chi connectivity index (χ4v) is 3.48. The molecule has 7 nitrogen and oxygen atoms in total. The standard InChI is InChI=1S/C23H24N2O5/c26-19-9-11-25(12-10-19)23(28)14-17-1-5-18(6-2-17)24-22(27)8-4-16-3-7-20-21(13-16)30-15-29-20/h1-8,13,19,26H,9-12,14-15H2,(H,24,27)/b8-4+. The average Bonchev–Trinajstić information content (AvgIpc) is 3.22. The molecular weight excluding hydrogens is 384 g/mol. The van der Waals surface area contributed by atoms with Gasteiger partial charge >= 0.3 is 0 Å². The molecule has 0 atom stereocenters. The Morgan fingerprint density at radius 1 is 1.07 bits per heavy atom. The second-order valence-electron chi connectivity index (χ2n) is 7.42. The zero-order valence-corrected chi connectivity index (χ0v) is 16.5. The van der Waals surface area contributed by atoms with Crippen LogP contribution in [0.5, 0.6) is 11.5 Å². The Kier molecular flexibility index (Phi) is 5.99. The topological polar surface area (TPSA) is 88.1 Å². The van der Waals surface area contributed by atoms with E-state index in [4.69, 9.17) is 9.47 Å². The molecule has 30 heavy (non-hydrogen) atoms. The van der Waals surface area contributed by atoms with Crippen molar-refractivity contribution in [2.75, 3.05) is 25.2 Å². The third kappa shape index (κ3) is 4.99. The smallest absolute Gasteiger partial charge is 0.248 e. The van der Waals surface area contributed by atoms with Crippen molar-refractivity contribution in [2.24, 2.45) is 0 Å². The van der Waals surface area contributed by atoms with Crippen LogP contribution in [0.1, 0.15) is 24.0 Å². The fourth-order valence-electron chi connectivity index (χ4n) is 3.48.